The van der Waals surface area contributed by atoms with E-state index in [0.29, 0.717) is 12.0 Å². The number of nitrogens with two attached hydrogens (primary N) is 1. The van der Waals surface area contributed by atoms with Crippen molar-refractivity contribution >= 4 is 5.84 Å². The molecule has 0 aromatic heterocycles. The lowest BCUT2D eigenvalue weighted by molar-refractivity contribution is 0.224. The van der Waals surface area contributed by atoms with E-state index < -0.39 is 0 Å². The van der Waals surface area contributed by atoms with Crippen molar-refractivity contribution < 1.29 is 0 Å². The minimum atomic E-state index is 0.341. The molecule has 19 heavy (non-hydrogen) atoms. The van der Waals surface area contributed by atoms with Crippen molar-refractivity contribution in [1.29, 1.82) is 0 Å². The molecule has 1 aliphatic rings. The molecule has 1 aromatic carbocycles. The van der Waals surface area contributed by atoms with E-state index in [4.69, 9.17) is 5.73 Å². The van der Waals surface area contributed by atoms with Gasteiger partial charge in [0.05, 0.1) is 18.4 Å². The summed E-state index contributed by atoms with van der Waals surface area (Å²) in [6, 6.07) is 11.0. The van der Waals surface area contributed by atoms with Crippen LogP contribution in [0.5, 0.6) is 0 Å². The number of nitrogens with zero attached hydrogens (tertiary/aromatic N) is 2. The predicted molar refractivity (Wildman–Crippen MR) is 81.3 cm³/mol. The molecule has 0 radical (unpaired) electrons. The minimum Gasteiger partial charge on any atom is -0.387 e. The SMILES string of the molecule is CCN(CC)C(CN=C(N)C1CC1)c1ccccc1. The van der Waals surface area contributed by atoms with Crippen LogP contribution in [-0.4, -0.2) is 30.4 Å². The summed E-state index contributed by atoms with van der Waals surface area (Å²) < 4.78 is 0. The molecule has 0 spiro atoms. The smallest absolute Gasteiger partial charge is 0.0969 e. The monoisotopic (exact) mass is 259 g/mol. The van der Waals surface area contributed by atoms with Gasteiger partial charge >= 0.3 is 0 Å². The number of likely N-dealkylation sites (N-methyl/N-ethyl adjacent to an activating group) is 1. The standard InChI is InChI=1S/C16H25N3/c1-3-19(4-2)15(13-8-6-5-7-9-13)12-18-16(17)14-10-11-14/h5-9,14-15H,3-4,10-12H2,1-2H3,(H2,17,18). The van der Waals surface area contributed by atoms with Gasteiger partial charge in [-0.3, -0.25) is 9.89 Å². The lowest BCUT2D eigenvalue weighted by Crippen LogP contribution is -2.31. The minimum absolute atomic E-state index is 0.341. The molecule has 3 nitrogen and oxygen atoms in total. The first-order valence-electron chi connectivity index (χ1n) is 7.35. The summed E-state index contributed by atoms with van der Waals surface area (Å²) in [5.41, 5.74) is 7.35. The maximum atomic E-state index is 6.02. The van der Waals surface area contributed by atoms with E-state index in [-0.39, 0.29) is 0 Å². The fourth-order valence-electron chi connectivity index (χ4n) is 2.47. The van der Waals surface area contributed by atoms with Gasteiger partial charge in [0.1, 0.15) is 0 Å². The summed E-state index contributed by atoms with van der Waals surface area (Å²) in [5.74, 6) is 1.42. The maximum absolute atomic E-state index is 6.02. The number of hydrogen-bond donors (Lipinski definition) is 1. The Balaban J connectivity index is 2.11. The Labute approximate surface area is 116 Å². The van der Waals surface area contributed by atoms with Gasteiger partial charge in [-0.1, -0.05) is 44.2 Å². The summed E-state index contributed by atoms with van der Waals surface area (Å²) in [6.07, 6.45) is 2.44. The van der Waals surface area contributed by atoms with Gasteiger partial charge < -0.3 is 5.73 Å². The summed E-state index contributed by atoms with van der Waals surface area (Å²) in [4.78, 5) is 7.08. The Kier molecular flexibility index (Phi) is 4.97. The van der Waals surface area contributed by atoms with E-state index in [1.54, 1.807) is 0 Å². The highest BCUT2D eigenvalue weighted by Crippen LogP contribution is 2.29. The molecule has 0 bridgehead atoms. The van der Waals surface area contributed by atoms with Gasteiger partial charge in [-0.25, -0.2) is 0 Å². The van der Waals surface area contributed by atoms with Crippen molar-refractivity contribution in [3.8, 4) is 0 Å². The van der Waals surface area contributed by atoms with Gasteiger partial charge in [0.25, 0.3) is 0 Å². The lowest BCUT2D eigenvalue weighted by Gasteiger charge is -2.29. The van der Waals surface area contributed by atoms with Crippen molar-refractivity contribution in [2.75, 3.05) is 19.6 Å². The van der Waals surface area contributed by atoms with Gasteiger partial charge in [-0.15, -0.1) is 0 Å². The van der Waals surface area contributed by atoms with Gasteiger partial charge in [-0.05, 0) is 31.5 Å². The van der Waals surface area contributed by atoms with Crippen LogP contribution in [0.15, 0.2) is 35.3 Å². The Morgan fingerprint density at radius 2 is 1.89 bits per heavy atom. The van der Waals surface area contributed by atoms with E-state index in [1.165, 1.54) is 18.4 Å². The van der Waals surface area contributed by atoms with Gasteiger partial charge in [0.15, 0.2) is 0 Å². The van der Waals surface area contributed by atoms with E-state index in [9.17, 15) is 0 Å². The zero-order valence-electron chi connectivity index (χ0n) is 12.0. The maximum Gasteiger partial charge on any atom is 0.0969 e. The van der Waals surface area contributed by atoms with Crippen LogP contribution in [0.3, 0.4) is 0 Å². The largest absolute Gasteiger partial charge is 0.387 e. The number of aliphatic imine (C=N–C) groups is 1. The molecule has 1 saturated carbocycles. The Hall–Kier alpha value is -1.35. The lowest BCUT2D eigenvalue weighted by atomic mass is 10.1. The second kappa shape index (κ2) is 6.71. The Bertz CT molecular complexity index is 405. The molecule has 1 fully saturated rings. The van der Waals surface area contributed by atoms with E-state index in [1.807, 2.05) is 0 Å². The molecule has 1 unspecified atom stereocenters. The highest BCUT2D eigenvalue weighted by atomic mass is 15.2. The van der Waals surface area contributed by atoms with Crippen LogP contribution in [0.4, 0.5) is 0 Å². The third-order valence-corrected chi connectivity index (χ3v) is 3.88. The number of amidine groups is 1. The first-order chi connectivity index (χ1) is 9.26. The van der Waals surface area contributed by atoms with Gasteiger partial charge in [-0.2, -0.15) is 0 Å². The van der Waals surface area contributed by atoms with Crippen LogP contribution in [-0.2, 0) is 0 Å². The highest BCUT2D eigenvalue weighted by Gasteiger charge is 2.26. The highest BCUT2D eigenvalue weighted by molar-refractivity contribution is 5.84. The van der Waals surface area contributed by atoms with E-state index in [2.05, 4.69) is 54.1 Å². The second-order valence-corrected chi connectivity index (χ2v) is 5.19. The predicted octanol–water partition coefficient (Wildman–Crippen LogP) is 2.84. The first kappa shape index (κ1) is 14.1. The quantitative estimate of drug-likeness (QED) is 0.604. The Morgan fingerprint density at radius 1 is 1.26 bits per heavy atom. The van der Waals surface area contributed by atoms with E-state index in [0.717, 1.165) is 25.5 Å². The summed E-state index contributed by atoms with van der Waals surface area (Å²) in [7, 11) is 0. The average Bonchev–Trinajstić information content (AvgIpc) is 3.28. The molecule has 1 aromatic rings. The van der Waals surface area contributed by atoms with Gasteiger partial charge in [0.2, 0.25) is 0 Å². The molecule has 0 heterocycles. The van der Waals surface area contributed by atoms with Crippen LogP contribution in [0.1, 0.15) is 38.3 Å². The fraction of sp³-hybridized carbons (Fsp3) is 0.562. The first-order valence-corrected chi connectivity index (χ1v) is 7.35. The zero-order valence-corrected chi connectivity index (χ0v) is 12.0. The molecular weight excluding hydrogens is 234 g/mol. The van der Waals surface area contributed by atoms with Crippen LogP contribution < -0.4 is 5.73 Å². The zero-order chi connectivity index (χ0) is 13.7. The molecular formula is C16H25N3. The summed E-state index contributed by atoms with van der Waals surface area (Å²) >= 11 is 0. The van der Waals surface area contributed by atoms with Crippen LogP contribution in [0, 0.1) is 5.92 Å². The summed E-state index contributed by atoms with van der Waals surface area (Å²) in [5, 5.41) is 0. The molecule has 2 rings (SSSR count). The van der Waals surface area contributed by atoms with Crippen molar-refractivity contribution in [2.45, 2.75) is 32.7 Å². The molecule has 2 N–H and O–H groups in total. The second-order valence-electron chi connectivity index (χ2n) is 5.19. The third-order valence-electron chi connectivity index (χ3n) is 3.88. The molecule has 0 aliphatic heterocycles. The number of benzene rings is 1. The van der Waals surface area contributed by atoms with Crippen molar-refractivity contribution in [1.82, 2.24) is 4.90 Å². The van der Waals surface area contributed by atoms with Crippen LogP contribution >= 0.6 is 0 Å². The molecule has 1 atom stereocenters. The third kappa shape index (κ3) is 3.80. The van der Waals surface area contributed by atoms with Crippen molar-refractivity contribution in [3.05, 3.63) is 35.9 Å². The molecule has 104 valence electrons. The molecule has 0 amide bonds. The number of hydrogen-bond acceptors (Lipinski definition) is 2. The molecule has 3 heteroatoms. The summed E-state index contributed by atoms with van der Waals surface area (Å²) in [6.45, 7) is 7.25. The van der Waals surface area contributed by atoms with Gasteiger partial charge in [0, 0.05) is 5.92 Å². The average molecular weight is 259 g/mol. The fourth-order valence-corrected chi connectivity index (χ4v) is 2.47. The number of rotatable bonds is 7. The molecule has 1 aliphatic carbocycles. The van der Waals surface area contributed by atoms with Crippen molar-refractivity contribution in [2.24, 2.45) is 16.6 Å². The Morgan fingerprint density at radius 3 is 2.42 bits per heavy atom. The molecule has 0 saturated heterocycles. The van der Waals surface area contributed by atoms with Crippen LogP contribution in [0.25, 0.3) is 0 Å². The normalized spacial score (nSPS) is 17.7. The van der Waals surface area contributed by atoms with Crippen molar-refractivity contribution in [3.63, 3.8) is 0 Å². The topological polar surface area (TPSA) is 41.6 Å². The van der Waals surface area contributed by atoms with E-state index >= 15 is 0 Å². The van der Waals surface area contributed by atoms with Crippen LogP contribution in [0.2, 0.25) is 0 Å².